The Hall–Kier alpha value is -2.44. The monoisotopic (exact) mass is 355 g/mol. The maximum atomic E-state index is 12.6. The number of thiophene rings is 1. The Morgan fingerprint density at radius 2 is 2.08 bits per heavy atom. The van der Waals surface area contributed by atoms with Gasteiger partial charge in [0.25, 0.3) is 0 Å². The van der Waals surface area contributed by atoms with Crippen molar-refractivity contribution >= 4 is 29.3 Å². The SMILES string of the molecule is CCOC(=O)[N+]1(C)N=CC2=C1c1c(csc1Oc1ccccc1)CC2. The van der Waals surface area contributed by atoms with E-state index in [2.05, 4.69) is 10.5 Å². The van der Waals surface area contributed by atoms with E-state index in [0.29, 0.717) is 6.61 Å². The molecule has 2 aromatic rings. The van der Waals surface area contributed by atoms with Crippen LogP contribution in [-0.4, -0.2) is 30.6 Å². The third-order valence-electron chi connectivity index (χ3n) is 4.50. The molecule has 1 atom stereocenters. The second kappa shape index (κ2) is 6.13. The highest BCUT2D eigenvalue weighted by molar-refractivity contribution is 7.12. The zero-order valence-electron chi connectivity index (χ0n) is 14.2. The maximum Gasteiger partial charge on any atom is 0.548 e. The van der Waals surface area contributed by atoms with Crippen LogP contribution in [0.2, 0.25) is 0 Å². The third kappa shape index (κ3) is 2.58. The Kier molecular flexibility index (Phi) is 3.94. The average molecular weight is 355 g/mol. The number of allylic oxidation sites excluding steroid dienone is 1. The number of amides is 1. The molecule has 6 heteroatoms. The van der Waals surface area contributed by atoms with Crippen LogP contribution in [0.1, 0.15) is 24.5 Å². The molecule has 1 aromatic carbocycles. The van der Waals surface area contributed by atoms with E-state index in [1.807, 2.05) is 30.3 Å². The normalized spacial score (nSPS) is 21.0. The Morgan fingerprint density at radius 1 is 1.28 bits per heavy atom. The quantitative estimate of drug-likeness (QED) is 0.743. The van der Waals surface area contributed by atoms with Crippen LogP contribution >= 0.6 is 11.3 Å². The summed E-state index contributed by atoms with van der Waals surface area (Å²) in [5, 5.41) is 7.39. The molecule has 0 saturated heterocycles. The molecule has 1 aliphatic carbocycles. The van der Waals surface area contributed by atoms with E-state index in [9.17, 15) is 4.79 Å². The number of benzene rings is 1. The second-order valence-corrected chi connectivity index (χ2v) is 6.96. The van der Waals surface area contributed by atoms with Crippen molar-refractivity contribution in [1.82, 2.24) is 0 Å². The Bertz CT molecular complexity index is 885. The third-order valence-corrected chi connectivity index (χ3v) is 5.40. The summed E-state index contributed by atoms with van der Waals surface area (Å²) >= 11 is 1.56. The van der Waals surface area contributed by atoms with E-state index in [4.69, 9.17) is 9.47 Å². The summed E-state index contributed by atoms with van der Waals surface area (Å²) in [7, 11) is 1.77. The number of carbonyl (C=O) groups excluding carboxylic acids is 1. The van der Waals surface area contributed by atoms with Gasteiger partial charge in [-0.15, -0.1) is 11.3 Å². The van der Waals surface area contributed by atoms with Crippen molar-refractivity contribution in [1.29, 1.82) is 0 Å². The van der Waals surface area contributed by atoms with Gasteiger partial charge in [-0.25, -0.2) is 0 Å². The van der Waals surface area contributed by atoms with E-state index >= 15 is 0 Å². The van der Waals surface area contributed by atoms with Crippen LogP contribution in [0.3, 0.4) is 0 Å². The number of carbonyl (C=O) groups is 1. The molecule has 0 bridgehead atoms. The zero-order chi connectivity index (χ0) is 17.4. The first kappa shape index (κ1) is 16.1. The number of aryl methyl sites for hydroxylation is 1. The predicted molar refractivity (Wildman–Crippen MR) is 97.8 cm³/mol. The summed E-state index contributed by atoms with van der Waals surface area (Å²) in [6, 6.07) is 9.69. The highest BCUT2D eigenvalue weighted by Crippen LogP contribution is 2.48. The van der Waals surface area contributed by atoms with Crippen LogP contribution in [0.4, 0.5) is 4.79 Å². The molecule has 0 spiro atoms. The molecule has 0 fully saturated rings. The Morgan fingerprint density at radius 3 is 2.84 bits per heavy atom. The van der Waals surface area contributed by atoms with Crippen molar-refractivity contribution in [2.45, 2.75) is 19.8 Å². The van der Waals surface area contributed by atoms with Gasteiger partial charge in [0.05, 0.1) is 18.4 Å². The van der Waals surface area contributed by atoms with Crippen LogP contribution in [0, 0.1) is 0 Å². The number of quaternary nitrogens is 1. The average Bonchev–Trinajstić information content (AvgIpc) is 3.18. The molecule has 1 amide bonds. The van der Waals surface area contributed by atoms with Gasteiger partial charge in [-0.1, -0.05) is 27.9 Å². The van der Waals surface area contributed by atoms with Crippen molar-refractivity contribution in [2.24, 2.45) is 5.10 Å². The lowest BCUT2D eigenvalue weighted by Gasteiger charge is -2.25. The summed E-state index contributed by atoms with van der Waals surface area (Å²) in [4.78, 5) is 12.6. The number of nitrogens with zero attached hydrogens (tertiary/aromatic N) is 2. The summed E-state index contributed by atoms with van der Waals surface area (Å²) in [5.74, 6) is 0.782. The number of hydrogen-bond donors (Lipinski definition) is 0. The van der Waals surface area contributed by atoms with Crippen molar-refractivity contribution in [2.75, 3.05) is 13.7 Å². The van der Waals surface area contributed by atoms with Crippen molar-refractivity contribution in [3.63, 3.8) is 0 Å². The Labute approximate surface area is 150 Å². The lowest BCUT2D eigenvalue weighted by atomic mass is 9.92. The van der Waals surface area contributed by atoms with Crippen LogP contribution in [0.25, 0.3) is 5.70 Å². The number of hydrogen-bond acceptors (Lipinski definition) is 5. The standard InChI is InChI=1S/C19H19N2O3S/c1-3-23-19(22)21(2)17-13(11-20-21)9-10-14-12-25-18(16(14)17)24-15-7-5-4-6-8-15/h4-8,11-12H,3,9-10H2,1-2H3/q+1. The number of para-hydroxylation sites is 1. The van der Waals surface area contributed by atoms with Gasteiger partial charge < -0.3 is 9.47 Å². The van der Waals surface area contributed by atoms with E-state index in [1.165, 1.54) is 5.56 Å². The molecule has 5 nitrogen and oxygen atoms in total. The largest absolute Gasteiger partial charge is 0.548 e. The van der Waals surface area contributed by atoms with Gasteiger partial charge in [-0.05, 0) is 42.8 Å². The van der Waals surface area contributed by atoms with Gasteiger partial charge in [0.1, 0.15) is 12.8 Å². The van der Waals surface area contributed by atoms with Crippen LogP contribution < -0.4 is 4.74 Å². The molecule has 0 N–H and O–H groups in total. The fraction of sp³-hybridized carbons (Fsp3) is 0.263. The summed E-state index contributed by atoms with van der Waals surface area (Å²) in [5.41, 5.74) is 4.16. The van der Waals surface area contributed by atoms with E-state index in [0.717, 1.165) is 40.5 Å². The second-order valence-electron chi connectivity index (χ2n) is 6.11. The molecule has 4 rings (SSSR count). The first-order valence-corrected chi connectivity index (χ1v) is 9.18. The maximum absolute atomic E-state index is 12.6. The van der Waals surface area contributed by atoms with Crippen molar-refractivity contribution in [3.05, 3.63) is 52.4 Å². The van der Waals surface area contributed by atoms with Gasteiger partial charge in [0.2, 0.25) is 0 Å². The molecule has 0 saturated carbocycles. The molecule has 25 heavy (non-hydrogen) atoms. The minimum absolute atomic E-state index is 0.210. The predicted octanol–water partition coefficient (Wildman–Crippen LogP) is 4.80. The molecule has 0 radical (unpaired) electrons. The van der Waals surface area contributed by atoms with Gasteiger partial charge in [0.15, 0.2) is 10.8 Å². The Balaban J connectivity index is 1.77. The molecule has 1 unspecified atom stereocenters. The smallest absolute Gasteiger partial charge is 0.446 e. The topological polar surface area (TPSA) is 47.9 Å². The first-order valence-electron chi connectivity index (χ1n) is 8.30. The van der Waals surface area contributed by atoms with Crippen LogP contribution in [0.5, 0.6) is 10.8 Å². The van der Waals surface area contributed by atoms with E-state index in [-0.39, 0.29) is 10.7 Å². The van der Waals surface area contributed by atoms with Gasteiger partial charge >= 0.3 is 6.09 Å². The molecule has 1 aromatic heterocycles. The number of rotatable bonds is 3. The molecule has 128 valence electrons. The summed E-state index contributed by atoms with van der Waals surface area (Å²) < 4.78 is 11.2. The van der Waals surface area contributed by atoms with Gasteiger partial charge in [-0.2, -0.15) is 4.79 Å². The summed E-state index contributed by atoms with van der Waals surface area (Å²) in [6.07, 6.45) is 3.24. The minimum atomic E-state index is -0.367. The van der Waals surface area contributed by atoms with E-state index in [1.54, 1.807) is 31.5 Å². The van der Waals surface area contributed by atoms with Crippen LogP contribution in [0.15, 0.2) is 46.4 Å². The highest BCUT2D eigenvalue weighted by Gasteiger charge is 2.49. The first-order chi connectivity index (χ1) is 12.1. The fourth-order valence-electron chi connectivity index (χ4n) is 3.28. The van der Waals surface area contributed by atoms with Crippen LogP contribution in [-0.2, 0) is 11.2 Å². The molecule has 1 aliphatic heterocycles. The summed E-state index contributed by atoms with van der Waals surface area (Å²) in [6.45, 7) is 2.13. The van der Waals surface area contributed by atoms with E-state index < -0.39 is 0 Å². The zero-order valence-corrected chi connectivity index (χ0v) is 15.0. The molecular formula is C19H19N2O3S+. The molecule has 2 heterocycles. The van der Waals surface area contributed by atoms with Gasteiger partial charge in [-0.3, -0.25) is 0 Å². The fourth-order valence-corrected chi connectivity index (χ4v) is 4.25. The lowest BCUT2D eigenvalue weighted by Crippen LogP contribution is -2.42. The van der Waals surface area contributed by atoms with Gasteiger partial charge in [0, 0.05) is 5.57 Å². The number of fused-ring (bicyclic) bond motifs is 2. The van der Waals surface area contributed by atoms with Crippen molar-refractivity contribution in [3.8, 4) is 10.8 Å². The minimum Gasteiger partial charge on any atom is -0.446 e. The highest BCUT2D eigenvalue weighted by atomic mass is 32.1. The van der Waals surface area contributed by atoms with Crippen molar-refractivity contribution < 1.29 is 18.9 Å². The number of ether oxygens (including phenoxy) is 2. The lowest BCUT2D eigenvalue weighted by molar-refractivity contribution is -0.768. The molecule has 2 aliphatic rings. The molecular weight excluding hydrogens is 336 g/mol.